The first-order valence-electron chi connectivity index (χ1n) is 6.63. The summed E-state index contributed by atoms with van der Waals surface area (Å²) >= 11 is 0. The highest BCUT2D eigenvalue weighted by Gasteiger charge is 2.20. The van der Waals surface area contributed by atoms with E-state index in [4.69, 9.17) is 0 Å². The maximum atomic E-state index is 10.6. The fourth-order valence-corrected chi connectivity index (χ4v) is 2.60. The van der Waals surface area contributed by atoms with E-state index in [1.54, 1.807) is 12.1 Å². The molecule has 0 amide bonds. The predicted octanol–water partition coefficient (Wildman–Crippen LogP) is 3.26. The summed E-state index contributed by atoms with van der Waals surface area (Å²) in [6.45, 7) is 3.10. The topological polar surface area (TPSA) is 55.2 Å². The van der Waals surface area contributed by atoms with Crippen molar-refractivity contribution in [1.29, 1.82) is 0 Å². The number of rotatable bonds is 4. The molecule has 0 bridgehead atoms. The van der Waals surface area contributed by atoms with Crippen molar-refractivity contribution < 1.29 is 4.92 Å². The molecule has 0 aromatic heterocycles. The van der Waals surface area contributed by atoms with Crippen molar-refractivity contribution in [3.8, 4) is 0 Å². The van der Waals surface area contributed by atoms with Gasteiger partial charge in [-0.3, -0.25) is 10.1 Å². The van der Waals surface area contributed by atoms with Gasteiger partial charge >= 0.3 is 0 Å². The fraction of sp³-hybridized carbons (Fsp3) is 0.571. The minimum absolute atomic E-state index is 0.157. The van der Waals surface area contributed by atoms with Crippen LogP contribution in [-0.2, 0) is 6.54 Å². The van der Waals surface area contributed by atoms with Gasteiger partial charge in [0, 0.05) is 24.7 Å². The van der Waals surface area contributed by atoms with E-state index in [9.17, 15) is 10.1 Å². The Labute approximate surface area is 108 Å². The molecular formula is C14H20N2O2. The number of hydrogen-bond donors (Lipinski definition) is 1. The monoisotopic (exact) mass is 248 g/mol. The highest BCUT2D eigenvalue weighted by molar-refractivity contribution is 5.32. The Kier molecular flexibility index (Phi) is 4.31. The summed E-state index contributed by atoms with van der Waals surface area (Å²) in [7, 11) is 0. The van der Waals surface area contributed by atoms with E-state index in [0.717, 1.165) is 18.0 Å². The molecule has 4 heteroatoms. The minimum atomic E-state index is -0.361. The zero-order chi connectivity index (χ0) is 13.0. The van der Waals surface area contributed by atoms with Crippen LogP contribution in [0.25, 0.3) is 0 Å². The lowest BCUT2D eigenvalue weighted by Gasteiger charge is -2.29. The van der Waals surface area contributed by atoms with Gasteiger partial charge < -0.3 is 5.32 Å². The van der Waals surface area contributed by atoms with Gasteiger partial charge in [-0.05, 0) is 24.3 Å². The molecule has 0 aliphatic heterocycles. The summed E-state index contributed by atoms with van der Waals surface area (Å²) in [4.78, 5) is 10.2. The van der Waals surface area contributed by atoms with Crippen LogP contribution in [0.5, 0.6) is 0 Å². The van der Waals surface area contributed by atoms with E-state index in [1.165, 1.54) is 25.7 Å². The lowest BCUT2D eigenvalue weighted by molar-refractivity contribution is -0.384. The van der Waals surface area contributed by atoms with Crippen LogP contribution in [-0.4, -0.2) is 11.0 Å². The molecule has 18 heavy (non-hydrogen) atoms. The first kappa shape index (κ1) is 13.0. The van der Waals surface area contributed by atoms with Crippen LogP contribution in [0.2, 0.25) is 0 Å². The second kappa shape index (κ2) is 5.96. The van der Waals surface area contributed by atoms with Gasteiger partial charge in [0.1, 0.15) is 0 Å². The molecule has 4 nitrogen and oxygen atoms in total. The zero-order valence-corrected chi connectivity index (χ0v) is 10.8. The number of nitrogens with one attached hydrogen (secondary N) is 1. The van der Waals surface area contributed by atoms with Gasteiger partial charge in [0.25, 0.3) is 5.69 Å². The van der Waals surface area contributed by atoms with Crippen LogP contribution in [0, 0.1) is 16.0 Å². The molecular weight excluding hydrogens is 228 g/mol. The summed E-state index contributed by atoms with van der Waals surface area (Å²) in [6, 6.07) is 7.40. The van der Waals surface area contributed by atoms with Crippen LogP contribution in [0.3, 0.4) is 0 Å². The Morgan fingerprint density at radius 1 is 1.28 bits per heavy atom. The normalized spacial score (nSPS) is 23.8. The fourth-order valence-electron chi connectivity index (χ4n) is 2.60. The van der Waals surface area contributed by atoms with E-state index in [0.29, 0.717) is 6.04 Å². The van der Waals surface area contributed by atoms with Gasteiger partial charge in [0.05, 0.1) is 4.92 Å². The van der Waals surface area contributed by atoms with Crippen molar-refractivity contribution in [2.24, 2.45) is 5.92 Å². The van der Waals surface area contributed by atoms with Gasteiger partial charge in [-0.2, -0.15) is 0 Å². The Balaban J connectivity index is 1.87. The van der Waals surface area contributed by atoms with E-state index in [-0.39, 0.29) is 10.6 Å². The molecule has 1 N–H and O–H groups in total. The summed E-state index contributed by atoms with van der Waals surface area (Å²) in [6.07, 6.45) is 5.20. The van der Waals surface area contributed by atoms with Crippen molar-refractivity contribution in [3.05, 3.63) is 39.9 Å². The first-order chi connectivity index (χ1) is 8.66. The van der Waals surface area contributed by atoms with Gasteiger partial charge in [-0.1, -0.05) is 31.9 Å². The molecule has 1 aromatic carbocycles. The van der Waals surface area contributed by atoms with Gasteiger partial charge in [-0.15, -0.1) is 0 Å². The quantitative estimate of drug-likeness (QED) is 0.657. The lowest BCUT2D eigenvalue weighted by Crippen LogP contribution is -2.36. The van der Waals surface area contributed by atoms with Crippen LogP contribution in [0.4, 0.5) is 5.69 Å². The zero-order valence-electron chi connectivity index (χ0n) is 10.8. The summed E-state index contributed by atoms with van der Waals surface area (Å²) in [5.41, 5.74) is 1.27. The Morgan fingerprint density at radius 2 is 1.94 bits per heavy atom. The molecule has 0 radical (unpaired) electrons. The average Bonchev–Trinajstić information content (AvgIpc) is 2.38. The molecule has 1 fully saturated rings. The number of nitro groups is 1. The molecule has 1 aliphatic carbocycles. The molecule has 98 valence electrons. The summed E-state index contributed by atoms with van der Waals surface area (Å²) in [5, 5.41) is 14.1. The number of nitro benzene ring substituents is 1. The van der Waals surface area contributed by atoms with Crippen LogP contribution >= 0.6 is 0 Å². The molecule has 2 rings (SSSR count). The number of nitrogens with zero attached hydrogens (tertiary/aromatic N) is 1. The van der Waals surface area contributed by atoms with E-state index in [1.807, 2.05) is 12.1 Å². The van der Waals surface area contributed by atoms with Crippen molar-refractivity contribution in [2.45, 2.75) is 45.2 Å². The summed E-state index contributed by atoms with van der Waals surface area (Å²) in [5.74, 6) is 0.733. The molecule has 0 heterocycles. The largest absolute Gasteiger partial charge is 0.310 e. The predicted molar refractivity (Wildman–Crippen MR) is 71.4 cm³/mol. The number of hydrogen-bond acceptors (Lipinski definition) is 3. The third-order valence-corrected chi connectivity index (χ3v) is 3.83. The standard InChI is InChI=1S/C14H20N2O2/c1-11-4-2-3-5-14(11)15-10-12-6-8-13(9-7-12)16(17)18/h6-9,11,14-15H,2-5,10H2,1H3. The highest BCUT2D eigenvalue weighted by Crippen LogP contribution is 2.24. The molecule has 1 aliphatic rings. The van der Waals surface area contributed by atoms with Crippen molar-refractivity contribution in [3.63, 3.8) is 0 Å². The van der Waals surface area contributed by atoms with Gasteiger partial charge in [-0.25, -0.2) is 0 Å². The van der Waals surface area contributed by atoms with Crippen LogP contribution < -0.4 is 5.32 Å². The Hall–Kier alpha value is -1.42. The smallest absolute Gasteiger partial charge is 0.269 e. The third-order valence-electron chi connectivity index (χ3n) is 3.83. The second-order valence-corrected chi connectivity index (χ2v) is 5.17. The average molecular weight is 248 g/mol. The van der Waals surface area contributed by atoms with Crippen molar-refractivity contribution in [2.75, 3.05) is 0 Å². The highest BCUT2D eigenvalue weighted by atomic mass is 16.6. The van der Waals surface area contributed by atoms with E-state index < -0.39 is 0 Å². The second-order valence-electron chi connectivity index (χ2n) is 5.17. The number of non-ortho nitro benzene ring substituents is 1. The Morgan fingerprint density at radius 3 is 2.56 bits per heavy atom. The minimum Gasteiger partial charge on any atom is -0.310 e. The maximum Gasteiger partial charge on any atom is 0.269 e. The van der Waals surface area contributed by atoms with Gasteiger partial charge in [0.2, 0.25) is 0 Å². The van der Waals surface area contributed by atoms with Crippen LogP contribution in [0.1, 0.15) is 38.2 Å². The summed E-state index contributed by atoms with van der Waals surface area (Å²) < 4.78 is 0. The van der Waals surface area contributed by atoms with Crippen molar-refractivity contribution in [1.82, 2.24) is 5.32 Å². The molecule has 1 aromatic rings. The Bertz CT molecular complexity index is 403. The molecule has 1 saturated carbocycles. The maximum absolute atomic E-state index is 10.6. The van der Waals surface area contributed by atoms with E-state index in [2.05, 4.69) is 12.2 Å². The SMILES string of the molecule is CC1CCCCC1NCc1ccc([N+](=O)[O-])cc1. The molecule has 0 saturated heterocycles. The van der Waals surface area contributed by atoms with Crippen LogP contribution in [0.15, 0.2) is 24.3 Å². The molecule has 2 atom stereocenters. The van der Waals surface area contributed by atoms with Gasteiger partial charge in [0.15, 0.2) is 0 Å². The van der Waals surface area contributed by atoms with Crippen molar-refractivity contribution >= 4 is 5.69 Å². The third kappa shape index (κ3) is 3.29. The molecule has 0 spiro atoms. The first-order valence-corrected chi connectivity index (χ1v) is 6.63. The molecule has 2 unspecified atom stereocenters. The van der Waals surface area contributed by atoms with E-state index >= 15 is 0 Å². The number of benzene rings is 1. The lowest BCUT2D eigenvalue weighted by atomic mass is 9.86.